The van der Waals surface area contributed by atoms with Gasteiger partial charge < -0.3 is 9.26 Å². The normalized spacial score (nSPS) is 10.2. The molecule has 1 aromatic rings. The molecule has 55 valence electrons. The number of ether oxygens (including phenoxy) is 1. The number of nitrogens with zero attached hydrogens (tertiary/aromatic N) is 1. The summed E-state index contributed by atoms with van der Waals surface area (Å²) in [4.78, 5) is 0. The van der Waals surface area contributed by atoms with Crippen LogP contribution >= 0.6 is 0 Å². The zero-order valence-electron chi connectivity index (χ0n) is 5.96. The van der Waals surface area contributed by atoms with E-state index >= 15 is 0 Å². The Morgan fingerprint density at radius 2 is 2.60 bits per heavy atom. The van der Waals surface area contributed by atoms with Crippen molar-refractivity contribution in [2.24, 2.45) is 0 Å². The molecule has 0 bridgehead atoms. The van der Waals surface area contributed by atoms with Crippen LogP contribution in [0.2, 0.25) is 0 Å². The van der Waals surface area contributed by atoms with Crippen LogP contribution in [-0.2, 0) is 17.8 Å². The van der Waals surface area contributed by atoms with E-state index in [-0.39, 0.29) is 0 Å². The van der Waals surface area contributed by atoms with Crippen molar-refractivity contribution < 1.29 is 9.26 Å². The SMILES string of the molecule is [CH2]OCc1nocc1CC. The van der Waals surface area contributed by atoms with Gasteiger partial charge in [-0.25, -0.2) is 0 Å². The minimum Gasteiger partial charge on any atom is -0.373 e. The van der Waals surface area contributed by atoms with Gasteiger partial charge in [0.05, 0.1) is 13.7 Å². The fourth-order valence-corrected chi connectivity index (χ4v) is 0.783. The second-order valence-electron chi connectivity index (χ2n) is 1.99. The lowest BCUT2D eigenvalue weighted by Gasteiger charge is -1.93. The van der Waals surface area contributed by atoms with E-state index in [9.17, 15) is 0 Å². The van der Waals surface area contributed by atoms with Crippen LogP contribution in [0.25, 0.3) is 0 Å². The Morgan fingerprint density at radius 3 is 3.20 bits per heavy atom. The van der Waals surface area contributed by atoms with Crippen molar-refractivity contribution in [1.82, 2.24) is 5.16 Å². The first-order valence-electron chi connectivity index (χ1n) is 3.17. The fraction of sp³-hybridized carbons (Fsp3) is 0.429. The van der Waals surface area contributed by atoms with Crippen LogP contribution in [0.3, 0.4) is 0 Å². The summed E-state index contributed by atoms with van der Waals surface area (Å²) < 4.78 is 9.39. The van der Waals surface area contributed by atoms with Gasteiger partial charge in [-0.1, -0.05) is 12.1 Å². The highest BCUT2D eigenvalue weighted by Gasteiger charge is 2.03. The monoisotopic (exact) mass is 140 g/mol. The number of rotatable bonds is 3. The molecule has 0 spiro atoms. The molecule has 3 nitrogen and oxygen atoms in total. The van der Waals surface area contributed by atoms with Crippen molar-refractivity contribution in [2.75, 3.05) is 0 Å². The Bertz CT molecular complexity index is 195. The van der Waals surface area contributed by atoms with Gasteiger partial charge in [-0.2, -0.15) is 0 Å². The molecule has 0 saturated carbocycles. The second kappa shape index (κ2) is 3.37. The van der Waals surface area contributed by atoms with Crippen LogP contribution in [0, 0.1) is 7.11 Å². The van der Waals surface area contributed by atoms with Gasteiger partial charge in [-0.05, 0) is 6.42 Å². The molecule has 0 atom stereocenters. The van der Waals surface area contributed by atoms with E-state index in [0.717, 1.165) is 17.7 Å². The molecule has 3 heteroatoms. The minimum absolute atomic E-state index is 0.430. The van der Waals surface area contributed by atoms with Gasteiger partial charge in [-0.15, -0.1) is 0 Å². The van der Waals surface area contributed by atoms with Crippen LogP contribution in [0.15, 0.2) is 10.8 Å². The first kappa shape index (κ1) is 7.28. The first-order valence-corrected chi connectivity index (χ1v) is 3.17. The van der Waals surface area contributed by atoms with E-state index in [2.05, 4.69) is 17.0 Å². The first-order chi connectivity index (χ1) is 4.88. The molecule has 1 aromatic heterocycles. The highest BCUT2D eigenvalue weighted by molar-refractivity contribution is 5.12. The zero-order chi connectivity index (χ0) is 7.40. The molecule has 0 amide bonds. The highest BCUT2D eigenvalue weighted by Crippen LogP contribution is 2.07. The van der Waals surface area contributed by atoms with E-state index in [1.165, 1.54) is 0 Å². The van der Waals surface area contributed by atoms with Gasteiger partial charge in [-0.3, -0.25) is 0 Å². The average molecular weight is 140 g/mol. The lowest BCUT2D eigenvalue weighted by Crippen LogP contribution is -1.90. The smallest absolute Gasteiger partial charge is 0.127 e. The van der Waals surface area contributed by atoms with E-state index in [0.29, 0.717) is 6.61 Å². The van der Waals surface area contributed by atoms with Crippen LogP contribution in [-0.4, -0.2) is 5.16 Å². The topological polar surface area (TPSA) is 35.3 Å². The van der Waals surface area contributed by atoms with Crippen LogP contribution < -0.4 is 0 Å². The van der Waals surface area contributed by atoms with Gasteiger partial charge in [0, 0.05) is 5.56 Å². The maximum atomic E-state index is 4.73. The lowest BCUT2D eigenvalue weighted by molar-refractivity contribution is 0.218. The standard InChI is InChI=1S/C7H10NO2/c1-3-6-4-10-8-7(6)5-9-2/h4H,2-3,5H2,1H3. The third-order valence-electron chi connectivity index (χ3n) is 1.35. The van der Waals surface area contributed by atoms with Crippen LogP contribution in [0.1, 0.15) is 18.2 Å². The molecule has 1 heterocycles. The van der Waals surface area contributed by atoms with Crippen molar-refractivity contribution in [3.8, 4) is 0 Å². The molecule has 0 N–H and O–H groups in total. The Kier molecular flexibility index (Phi) is 2.45. The van der Waals surface area contributed by atoms with E-state index < -0.39 is 0 Å². The van der Waals surface area contributed by atoms with Crippen molar-refractivity contribution in [3.05, 3.63) is 24.6 Å². The molecular formula is C7H10NO2. The van der Waals surface area contributed by atoms with Gasteiger partial charge in [0.1, 0.15) is 12.0 Å². The maximum Gasteiger partial charge on any atom is 0.127 e. The molecule has 0 aliphatic heterocycles. The predicted octanol–water partition coefficient (Wildman–Crippen LogP) is 1.55. The molecular weight excluding hydrogens is 130 g/mol. The highest BCUT2D eigenvalue weighted by atomic mass is 16.5. The molecule has 0 fully saturated rings. The molecule has 10 heavy (non-hydrogen) atoms. The van der Waals surface area contributed by atoms with Crippen molar-refractivity contribution in [1.29, 1.82) is 0 Å². The van der Waals surface area contributed by atoms with Crippen LogP contribution in [0.5, 0.6) is 0 Å². The zero-order valence-corrected chi connectivity index (χ0v) is 5.96. The van der Waals surface area contributed by atoms with Gasteiger partial charge in [0.25, 0.3) is 0 Å². The summed E-state index contributed by atoms with van der Waals surface area (Å²) in [6.07, 6.45) is 2.55. The van der Waals surface area contributed by atoms with E-state index in [1.807, 2.05) is 6.92 Å². The number of aromatic nitrogens is 1. The number of hydrogen-bond acceptors (Lipinski definition) is 3. The van der Waals surface area contributed by atoms with Crippen LogP contribution in [0.4, 0.5) is 0 Å². The fourth-order valence-electron chi connectivity index (χ4n) is 0.783. The number of hydrogen-bond donors (Lipinski definition) is 0. The molecule has 1 radical (unpaired) electrons. The summed E-state index contributed by atoms with van der Waals surface area (Å²) in [6.45, 7) is 2.47. The molecule has 0 aliphatic carbocycles. The Hall–Kier alpha value is -0.830. The molecule has 0 aromatic carbocycles. The largest absolute Gasteiger partial charge is 0.373 e. The summed E-state index contributed by atoms with van der Waals surface area (Å²) in [5.41, 5.74) is 1.93. The third-order valence-corrected chi connectivity index (χ3v) is 1.35. The Morgan fingerprint density at radius 1 is 1.80 bits per heavy atom. The van der Waals surface area contributed by atoms with Gasteiger partial charge >= 0.3 is 0 Å². The Balaban J connectivity index is 2.70. The average Bonchev–Trinajstić information content (AvgIpc) is 2.36. The van der Waals surface area contributed by atoms with E-state index in [1.54, 1.807) is 6.26 Å². The second-order valence-corrected chi connectivity index (χ2v) is 1.99. The predicted molar refractivity (Wildman–Crippen MR) is 36.0 cm³/mol. The molecule has 0 aliphatic rings. The van der Waals surface area contributed by atoms with Gasteiger partial charge in [0.2, 0.25) is 0 Å². The minimum atomic E-state index is 0.430. The summed E-state index contributed by atoms with van der Waals surface area (Å²) in [5.74, 6) is 0. The summed E-state index contributed by atoms with van der Waals surface area (Å²) in [6, 6.07) is 0. The van der Waals surface area contributed by atoms with E-state index in [4.69, 9.17) is 4.52 Å². The molecule has 0 saturated heterocycles. The van der Waals surface area contributed by atoms with Crippen molar-refractivity contribution in [3.63, 3.8) is 0 Å². The van der Waals surface area contributed by atoms with Crippen molar-refractivity contribution >= 4 is 0 Å². The molecule has 0 unspecified atom stereocenters. The maximum absolute atomic E-state index is 4.73. The summed E-state index contributed by atoms with van der Waals surface area (Å²) >= 11 is 0. The quantitative estimate of drug-likeness (QED) is 0.638. The number of aryl methyl sites for hydroxylation is 1. The summed E-state index contributed by atoms with van der Waals surface area (Å²) in [7, 11) is 3.25. The molecule has 1 rings (SSSR count). The lowest BCUT2D eigenvalue weighted by atomic mass is 10.2. The Labute approximate surface area is 60.0 Å². The van der Waals surface area contributed by atoms with Gasteiger partial charge in [0.15, 0.2) is 0 Å². The summed E-state index contributed by atoms with van der Waals surface area (Å²) in [5, 5.41) is 3.74. The third kappa shape index (κ3) is 1.36. The van der Waals surface area contributed by atoms with Crippen molar-refractivity contribution in [2.45, 2.75) is 20.0 Å².